The summed E-state index contributed by atoms with van der Waals surface area (Å²) in [7, 11) is 0. The second-order valence-corrected chi connectivity index (χ2v) is 4.24. The van der Waals surface area contributed by atoms with Crippen molar-refractivity contribution in [2.24, 2.45) is 0 Å². The van der Waals surface area contributed by atoms with Gasteiger partial charge >= 0.3 is 5.97 Å². The summed E-state index contributed by atoms with van der Waals surface area (Å²) >= 11 is 0. The molecule has 0 saturated heterocycles. The summed E-state index contributed by atoms with van der Waals surface area (Å²) in [6, 6.07) is 12.0. The van der Waals surface area contributed by atoms with Crippen LogP contribution in [-0.4, -0.2) is 12.1 Å². The molecule has 0 saturated carbocycles. The maximum absolute atomic E-state index is 11.9. The normalized spacial score (nSPS) is 19.3. The van der Waals surface area contributed by atoms with Gasteiger partial charge in [-0.3, -0.25) is 0 Å². The zero-order valence-corrected chi connectivity index (χ0v) is 9.07. The van der Waals surface area contributed by atoms with Crippen molar-refractivity contribution >= 4 is 16.7 Å². The molecular formula is C14H12O2. The van der Waals surface area contributed by atoms with E-state index in [4.69, 9.17) is 4.74 Å². The van der Waals surface area contributed by atoms with Crippen molar-refractivity contribution in [1.82, 2.24) is 0 Å². The van der Waals surface area contributed by atoms with E-state index in [1.165, 1.54) is 0 Å². The van der Waals surface area contributed by atoms with Crippen molar-refractivity contribution < 1.29 is 9.53 Å². The highest BCUT2D eigenvalue weighted by atomic mass is 16.5. The minimum absolute atomic E-state index is 0.0128. The average molecular weight is 212 g/mol. The predicted octanol–water partition coefficient (Wildman–Crippen LogP) is 2.94. The van der Waals surface area contributed by atoms with Crippen LogP contribution < -0.4 is 0 Å². The fourth-order valence-corrected chi connectivity index (χ4v) is 2.32. The van der Waals surface area contributed by atoms with E-state index >= 15 is 0 Å². The molecule has 0 radical (unpaired) electrons. The molecule has 0 bridgehead atoms. The van der Waals surface area contributed by atoms with Crippen LogP contribution in [0, 0.1) is 0 Å². The largest absolute Gasteiger partial charge is 0.459 e. The highest BCUT2D eigenvalue weighted by Gasteiger charge is 2.25. The summed E-state index contributed by atoms with van der Waals surface area (Å²) in [4.78, 5) is 11.9. The number of hydrogen-bond acceptors (Lipinski definition) is 2. The molecule has 0 spiro atoms. The second-order valence-electron chi connectivity index (χ2n) is 4.24. The zero-order valence-electron chi connectivity index (χ0n) is 9.07. The van der Waals surface area contributed by atoms with Crippen LogP contribution in [0.4, 0.5) is 0 Å². The topological polar surface area (TPSA) is 26.3 Å². The maximum Gasteiger partial charge on any atom is 0.339 e. The SMILES string of the molecule is CC1Cc2ccc3ccccc3c2C(=O)O1. The quantitative estimate of drug-likeness (QED) is 0.627. The molecule has 0 fully saturated rings. The molecule has 2 nitrogen and oxygen atoms in total. The summed E-state index contributed by atoms with van der Waals surface area (Å²) in [6.07, 6.45) is 0.799. The number of rotatable bonds is 0. The van der Waals surface area contributed by atoms with Crippen molar-refractivity contribution in [3.63, 3.8) is 0 Å². The summed E-state index contributed by atoms with van der Waals surface area (Å²) in [5.41, 5.74) is 1.85. The van der Waals surface area contributed by atoms with Crippen LogP contribution in [-0.2, 0) is 11.2 Å². The average Bonchev–Trinajstić information content (AvgIpc) is 2.28. The van der Waals surface area contributed by atoms with E-state index in [9.17, 15) is 4.79 Å². The lowest BCUT2D eigenvalue weighted by atomic mass is 9.94. The Morgan fingerprint density at radius 3 is 2.88 bits per heavy atom. The van der Waals surface area contributed by atoms with Crippen LogP contribution >= 0.6 is 0 Å². The van der Waals surface area contributed by atoms with E-state index in [1.54, 1.807) is 0 Å². The lowest BCUT2D eigenvalue weighted by Gasteiger charge is -2.22. The van der Waals surface area contributed by atoms with E-state index in [0.717, 1.165) is 28.3 Å². The molecule has 1 unspecified atom stereocenters. The summed E-state index contributed by atoms with van der Waals surface area (Å²) in [5, 5.41) is 2.09. The fraction of sp³-hybridized carbons (Fsp3) is 0.214. The minimum Gasteiger partial charge on any atom is -0.459 e. The van der Waals surface area contributed by atoms with Gasteiger partial charge in [0.1, 0.15) is 6.10 Å². The van der Waals surface area contributed by atoms with Crippen LogP contribution in [0.1, 0.15) is 22.8 Å². The molecule has 1 heterocycles. The molecule has 2 aromatic rings. The van der Waals surface area contributed by atoms with Crippen LogP contribution in [0.3, 0.4) is 0 Å². The molecule has 0 aliphatic carbocycles. The summed E-state index contributed by atoms with van der Waals surface area (Å²) in [6.45, 7) is 1.93. The van der Waals surface area contributed by atoms with Gasteiger partial charge in [-0.05, 0) is 23.3 Å². The smallest absolute Gasteiger partial charge is 0.339 e. The van der Waals surface area contributed by atoms with Gasteiger partial charge < -0.3 is 4.74 Å². The number of benzene rings is 2. The van der Waals surface area contributed by atoms with Crippen molar-refractivity contribution in [2.75, 3.05) is 0 Å². The molecule has 0 aromatic heterocycles. The van der Waals surface area contributed by atoms with E-state index < -0.39 is 0 Å². The Labute approximate surface area is 93.8 Å². The van der Waals surface area contributed by atoms with E-state index in [0.29, 0.717) is 0 Å². The molecule has 1 atom stereocenters. The summed E-state index contributed by atoms with van der Waals surface area (Å²) < 4.78 is 5.28. The van der Waals surface area contributed by atoms with Gasteiger partial charge in [-0.25, -0.2) is 4.79 Å². The molecule has 80 valence electrons. The Morgan fingerprint density at radius 2 is 2.00 bits per heavy atom. The Kier molecular flexibility index (Phi) is 1.96. The van der Waals surface area contributed by atoms with E-state index in [1.807, 2.05) is 37.3 Å². The fourth-order valence-electron chi connectivity index (χ4n) is 2.32. The zero-order chi connectivity index (χ0) is 11.1. The maximum atomic E-state index is 11.9. The number of carbonyl (C=O) groups is 1. The number of cyclic esters (lactones) is 1. The molecule has 16 heavy (non-hydrogen) atoms. The molecule has 0 N–H and O–H groups in total. The van der Waals surface area contributed by atoms with Gasteiger partial charge in [-0.15, -0.1) is 0 Å². The Bertz CT molecular complexity index is 572. The molecule has 2 aromatic carbocycles. The van der Waals surface area contributed by atoms with Crippen LogP contribution in [0.5, 0.6) is 0 Å². The first-order chi connectivity index (χ1) is 7.75. The van der Waals surface area contributed by atoms with Gasteiger partial charge in [0, 0.05) is 6.42 Å². The van der Waals surface area contributed by atoms with Crippen molar-refractivity contribution in [2.45, 2.75) is 19.4 Å². The molecule has 3 rings (SSSR count). The number of fused-ring (bicyclic) bond motifs is 3. The number of ether oxygens (including phenoxy) is 1. The number of esters is 1. The van der Waals surface area contributed by atoms with Crippen LogP contribution in [0.25, 0.3) is 10.8 Å². The minimum atomic E-state index is -0.189. The number of carbonyl (C=O) groups excluding carboxylic acids is 1. The number of hydrogen-bond donors (Lipinski definition) is 0. The van der Waals surface area contributed by atoms with Crippen molar-refractivity contribution in [3.8, 4) is 0 Å². The van der Waals surface area contributed by atoms with Crippen molar-refractivity contribution in [1.29, 1.82) is 0 Å². The highest BCUT2D eigenvalue weighted by Crippen LogP contribution is 2.28. The Balaban J connectivity index is 2.33. The van der Waals surface area contributed by atoms with Gasteiger partial charge in [0.25, 0.3) is 0 Å². The Hall–Kier alpha value is -1.83. The Morgan fingerprint density at radius 1 is 1.19 bits per heavy atom. The van der Waals surface area contributed by atoms with Gasteiger partial charge in [0.05, 0.1) is 5.56 Å². The molecule has 2 heteroatoms. The van der Waals surface area contributed by atoms with Gasteiger partial charge in [0.2, 0.25) is 0 Å². The lowest BCUT2D eigenvalue weighted by Crippen LogP contribution is -2.25. The third-order valence-electron chi connectivity index (χ3n) is 3.04. The van der Waals surface area contributed by atoms with Gasteiger partial charge in [-0.2, -0.15) is 0 Å². The van der Waals surface area contributed by atoms with Crippen LogP contribution in [0.2, 0.25) is 0 Å². The lowest BCUT2D eigenvalue weighted by molar-refractivity contribution is 0.0304. The molecule has 0 amide bonds. The standard InChI is InChI=1S/C14H12O2/c1-9-8-11-7-6-10-4-2-3-5-12(10)13(11)14(15)16-9/h2-7,9H,8H2,1H3. The van der Waals surface area contributed by atoms with Gasteiger partial charge in [0.15, 0.2) is 0 Å². The molecule has 1 aliphatic heterocycles. The van der Waals surface area contributed by atoms with E-state index in [-0.39, 0.29) is 12.1 Å². The predicted molar refractivity (Wildman–Crippen MR) is 62.5 cm³/mol. The third-order valence-corrected chi connectivity index (χ3v) is 3.04. The van der Waals surface area contributed by atoms with Crippen LogP contribution in [0.15, 0.2) is 36.4 Å². The van der Waals surface area contributed by atoms with Gasteiger partial charge in [-0.1, -0.05) is 36.4 Å². The first kappa shape index (κ1) is 9.40. The molecular weight excluding hydrogens is 200 g/mol. The monoisotopic (exact) mass is 212 g/mol. The second kappa shape index (κ2) is 3.34. The first-order valence-corrected chi connectivity index (χ1v) is 5.47. The van der Waals surface area contributed by atoms with Crippen molar-refractivity contribution in [3.05, 3.63) is 47.5 Å². The highest BCUT2D eigenvalue weighted by molar-refractivity contribution is 6.06. The summed E-state index contributed by atoms with van der Waals surface area (Å²) in [5.74, 6) is -0.189. The molecule has 1 aliphatic rings. The first-order valence-electron chi connectivity index (χ1n) is 5.47. The third kappa shape index (κ3) is 1.30. The van der Waals surface area contributed by atoms with E-state index in [2.05, 4.69) is 6.07 Å².